The Labute approximate surface area is 78.5 Å². The number of hydroxylamine groups is 1. The fourth-order valence-corrected chi connectivity index (χ4v) is 1.05. The summed E-state index contributed by atoms with van der Waals surface area (Å²) in [6.07, 6.45) is 1.43. The highest BCUT2D eigenvalue weighted by molar-refractivity contribution is 5.79. The largest absolute Gasteiger partial charge is 0.368 e. The zero-order valence-electron chi connectivity index (χ0n) is 8.42. The Morgan fingerprint density at radius 1 is 1.54 bits per heavy atom. The molecule has 0 radical (unpaired) electrons. The van der Waals surface area contributed by atoms with Crippen LogP contribution in [0.5, 0.6) is 0 Å². The van der Waals surface area contributed by atoms with Gasteiger partial charge in [-0.15, -0.1) is 0 Å². The average Bonchev–Trinajstić information content (AvgIpc) is 2.50. The molecule has 0 aromatic rings. The molecule has 0 aromatic carbocycles. The van der Waals surface area contributed by atoms with Crippen LogP contribution in [0.2, 0.25) is 0 Å². The van der Waals surface area contributed by atoms with Crippen LogP contribution in [-0.2, 0) is 14.4 Å². The van der Waals surface area contributed by atoms with Crippen LogP contribution in [0, 0.1) is 0 Å². The van der Waals surface area contributed by atoms with Crippen molar-refractivity contribution in [2.24, 2.45) is 0 Å². The maximum absolute atomic E-state index is 11.3. The van der Waals surface area contributed by atoms with Crippen LogP contribution in [0.1, 0.15) is 33.6 Å². The minimum Gasteiger partial charge on any atom is -0.368 e. The lowest BCUT2D eigenvalue weighted by Gasteiger charge is -2.20. The first kappa shape index (κ1) is 10.5. The van der Waals surface area contributed by atoms with Crippen molar-refractivity contribution in [1.82, 2.24) is 5.48 Å². The molecule has 0 aromatic heterocycles. The zero-order valence-corrected chi connectivity index (χ0v) is 8.42. The lowest BCUT2D eigenvalue weighted by molar-refractivity contribution is -0.154. The molecule has 1 saturated heterocycles. The quantitative estimate of drug-likeness (QED) is 0.656. The molecular formula is C9H17NO3. The zero-order chi connectivity index (χ0) is 9.90. The molecule has 4 heteroatoms. The molecule has 1 atom stereocenters. The van der Waals surface area contributed by atoms with Crippen LogP contribution in [0.25, 0.3) is 0 Å². The van der Waals surface area contributed by atoms with E-state index in [9.17, 15) is 4.79 Å². The van der Waals surface area contributed by atoms with Crippen LogP contribution in [-0.4, -0.2) is 24.2 Å². The van der Waals surface area contributed by atoms with Gasteiger partial charge in [0, 0.05) is 6.61 Å². The Kier molecular flexibility index (Phi) is 3.27. The van der Waals surface area contributed by atoms with E-state index in [2.05, 4.69) is 5.48 Å². The number of ether oxygens (including phenoxy) is 1. The Morgan fingerprint density at radius 3 is 2.69 bits per heavy atom. The second kappa shape index (κ2) is 4.07. The number of nitrogens with one attached hydrogen (secondary N) is 1. The van der Waals surface area contributed by atoms with Gasteiger partial charge in [-0.05, 0) is 33.6 Å². The summed E-state index contributed by atoms with van der Waals surface area (Å²) in [5, 5.41) is 0. The van der Waals surface area contributed by atoms with Gasteiger partial charge in [0.15, 0.2) is 0 Å². The highest BCUT2D eigenvalue weighted by atomic mass is 16.7. The van der Waals surface area contributed by atoms with E-state index in [1.165, 1.54) is 0 Å². The van der Waals surface area contributed by atoms with Gasteiger partial charge in [0.2, 0.25) is 0 Å². The van der Waals surface area contributed by atoms with Crippen molar-refractivity contribution < 1.29 is 14.4 Å². The summed E-state index contributed by atoms with van der Waals surface area (Å²) < 4.78 is 5.19. The molecular weight excluding hydrogens is 170 g/mol. The molecule has 0 unspecified atom stereocenters. The van der Waals surface area contributed by atoms with Crippen molar-refractivity contribution >= 4 is 5.91 Å². The van der Waals surface area contributed by atoms with Gasteiger partial charge in [0.05, 0.1) is 5.60 Å². The van der Waals surface area contributed by atoms with Crippen molar-refractivity contribution in [2.75, 3.05) is 6.61 Å². The van der Waals surface area contributed by atoms with Gasteiger partial charge in [-0.3, -0.25) is 9.63 Å². The maximum atomic E-state index is 11.3. The van der Waals surface area contributed by atoms with Crippen molar-refractivity contribution in [2.45, 2.75) is 45.3 Å². The smallest absolute Gasteiger partial charge is 0.272 e. The summed E-state index contributed by atoms with van der Waals surface area (Å²) >= 11 is 0. The molecule has 1 aliphatic rings. The van der Waals surface area contributed by atoms with Crippen LogP contribution in [0.15, 0.2) is 0 Å². The van der Waals surface area contributed by atoms with Gasteiger partial charge in [-0.1, -0.05) is 0 Å². The van der Waals surface area contributed by atoms with E-state index in [0.717, 1.165) is 12.8 Å². The van der Waals surface area contributed by atoms with Gasteiger partial charge in [0.1, 0.15) is 6.10 Å². The van der Waals surface area contributed by atoms with Gasteiger partial charge in [-0.2, -0.15) is 0 Å². The predicted octanol–water partition coefficient (Wildman–Crippen LogP) is 1.01. The minimum absolute atomic E-state index is 0.174. The number of rotatable bonds is 2. The molecule has 0 bridgehead atoms. The number of hydrogen-bond donors (Lipinski definition) is 1. The van der Waals surface area contributed by atoms with Gasteiger partial charge < -0.3 is 4.74 Å². The Morgan fingerprint density at radius 2 is 2.23 bits per heavy atom. The van der Waals surface area contributed by atoms with Crippen molar-refractivity contribution in [3.63, 3.8) is 0 Å². The topological polar surface area (TPSA) is 47.6 Å². The van der Waals surface area contributed by atoms with Gasteiger partial charge >= 0.3 is 0 Å². The molecule has 1 N–H and O–H groups in total. The predicted molar refractivity (Wildman–Crippen MR) is 48.0 cm³/mol. The SMILES string of the molecule is CC(C)(C)ONC(=O)[C@@H]1CCCO1. The first-order chi connectivity index (χ1) is 5.99. The van der Waals surface area contributed by atoms with Crippen molar-refractivity contribution in [1.29, 1.82) is 0 Å². The summed E-state index contributed by atoms with van der Waals surface area (Å²) in [5.74, 6) is -0.174. The van der Waals surface area contributed by atoms with Crippen molar-refractivity contribution in [3.05, 3.63) is 0 Å². The first-order valence-electron chi connectivity index (χ1n) is 4.58. The molecule has 0 saturated carbocycles. The maximum Gasteiger partial charge on any atom is 0.272 e. The standard InChI is InChI=1S/C9H17NO3/c1-9(2,3)13-10-8(11)7-5-4-6-12-7/h7H,4-6H2,1-3H3,(H,10,11)/t7-/m0/s1. The molecule has 1 heterocycles. The Hall–Kier alpha value is -0.610. The normalized spacial score (nSPS) is 23.2. The van der Waals surface area contributed by atoms with E-state index in [-0.39, 0.29) is 17.6 Å². The van der Waals surface area contributed by atoms with E-state index in [0.29, 0.717) is 6.61 Å². The fraction of sp³-hybridized carbons (Fsp3) is 0.889. The lowest BCUT2D eigenvalue weighted by atomic mass is 10.2. The van der Waals surface area contributed by atoms with Crippen molar-refractivity contribution in [3.8, 4) is 0 Å². The van der Waals surface area contributed by atoms with E-state index < -0.39 is 0 Å². The summed E-state index contributed by atoms with van der Waals surface area (Å²) in [4.78, 5) is 16.5. The fourth-order valence-electron chi connectivity index (χ4n) is 1.05. The highest BCUT2D eigenvalue weighted by Gasteiger charge is 2.24. The molecule has 0 aliphatic carbocycles. The molecule has 1 rings (SSSR count). The molecule has 1 fully saturated rings. The van der Waals surface area contributed by atoms with Crippen LogP contribution in [0.4, 0.5) is 0 Å². The first-order valence-corrected chi connectivity index (χ1v) is 4.58. The second-order valence-corrected chi connectivity index (χ2v) is 4.18. The third-order valence-corrected chi connectivity index (χ3v) is 1.68. The van der Waals surface area contributed by atoms with Crippen LogP contribution in [0.3, 0.4) is 0 Å². The molecule has 1 aliphatic heterocycles. The van der Waals surface area contributed by atoms with Gasteiger partial charge in [-0.25, -0.2) is 5.48 Å². The second-order valence-electron chi connectivity index (χ2n) is 4.18. The number of carbonyl (C=O) groups excluding carboxylic acids is 1. The van der Waals surface area contributed by atoms with Gasteiger partial charge in [0.25, 0.3) is 5.91 Å². The summed E-state index contributed by atoms with van der Waals surface area (Å²) in [5.41, 5.74) is 2.05. The lowest BCUT2D eigenvalue weighted by Crippen LogP contribution is -2.39. The van der Waals surface area contributed by atoms with E-state index in [4.69, 9.17) is 9.57 Å². The molecule has 0 spiro atoms. The Balaban J connectivity index is 2.25. The minimum atomic E-state index is -0.353. The summed E-state index contributed by atoms with van der Waals surface area (Å²) in [7, 11) is 0. The third-order valence-electron chi connectivity index (χ3n) is 1.68. The van der Waals surface area contributed by atoms with Crippen LogP contribution >= 0.6 is 0 Å². The average molecular weight is 187 g/mol. The third kappa shape index (κ3) is 3.74. The van der Waals surface area contributed by atoms with E-state index in [1.807, 2.05) is 20.8 Å². The van der Waals surface area contributed by atoms with E-state index >= 15 is 0 Å². The number of hydrogen-bond acceptors (Lipinski definition) is 3. The summed E-state index contributed by atoms with van der Waals surface area (Å²) in [6, 6.07) is 0. The van der Waals surface area contributed by atoms with Crippen LogP contribution < -0.4 is 5.48 Å². The number of amides is 1. The number of carbonyl (C=O) groups is 1. The van der Waals surface area contributed by atoms with E-state index in [1.54, 1.807) is 0 Å². The molecule has 4 nitrogen and oxygen atoms in total. The monoisotopic (exact) mass is 187 g/mol. The Bertz CT molecular complexity index is 180. The highest BCUT2D eigenvalue weighted by Crippen LogP contribution is 2.12. The molecule has 13 heavy (non-hydrogen) atoms. The molecule has 76 valence electrons. The molecule has 1 amide bonds. The summed E-state index contributed by atoms with van der Waals surface area (Å²) in [6.45, 7) is 6.31.